The van der Waals surface area contributed by atoms with E-state index in [1.807, 2.05) is 54.2 Å². The number of rotatable bonds is 7. The highest BCUT2D eigenvalue weighted by Crippen LogP contribution is 2.40. The average Bonchev–Trinajstić information content (AvgIpc) is 3.64. The Kier molecular flexibility index (Phi) is 6.23. The third kappa shape index (κ3) is 4.59. The summed E-state index contributed by atoms with van der Waals surface area (Å²) in [4.78, 5) is 37.8. The molecular weight excluding hydrogens is 515 g/mol. The summed E-state index contributed by atoms with van der Waals surface area (Å²) in [5.41, 5.74) is 1.68. The zero-order valence-electron chi connectivity index (χ0n) is 21.4. The second-order valence-corrected chi connectivity index (χ2v) is 11.0. The fraction of sp³-hybridized carbons (Fsp3) is 0.200. The summed E-state index contributed by atoms with van der Waals surface area (Å²) < 4.78 is 23.8. The molecule has 6 rings (SSSR count). The molecule has 1 saturated heterocycles. The molecule has 0 spiro atoms. The van der Waals surface area contributed by atoms with Crippen LogP contribution in [0.2, 0.25) is 0 Å². The monoisotopic (exact) mass is 540 g/mol. The lowest BCUT2D eigenvalue weighted by molar-refractivity contribution is -0.136. The number of ether oxygens (including phenoxy) is 1. The van der Waals surface area contributed by atoms with Gasteiger partial charge in [-0.1, -0.05) is 24.3 Å². The van der Waals surface area contributed by atoms with E-state index in [1.54, 1.807) is 36.5 Å². The Morgan fingerprint density at radius 2 is 1.92 bits per heavy atom. The van der Waals surface area contributed by atoms with E-state index in [0.29, 0.717) is 24.3 Å². The Morgan fingerprint density at radius 3 is 2.67 bits per heavy atom. The summed E-state index contributed by atoms with van der Waals surface area (Å²) in [6.45, 7) is 2.15. The van der Waals surface area contributed by atoms with Crippen molar-refractivity contribution in [2.24, 2.45) is 12.5 Å². The van der Waals surface area contributed by atoms with Crippen molar-refractivity contribution in [1.82, 2.24) is 14.5 Å². The van der Waals surface area contributed by atoms with Crippen molar-refractivity contribution in [3.8, 4) is 22.1 Å². The minimum Gasteiger partial charge on any atom is -0.453 e. The van der Waals surface area contributed by atoms with Crippen LogP contribution in [-0.4, -0.2) is 32.8 Å². The summed E-state index contributed by atoms with van der Waals surface area (Å²) in [6.07, 6.45) is 5.65. The van der Waals surface area contributed by atoms with Gasteiger partial charge >= 0.3 is 0 Å². The maximum Gasteiger partial charge on any atom is 0.240 e. The Bertz CT molecular complexity index is 1710. The fourth-order valence-corrected chi connectivity index (χ4v) is 5.88. The summed E-state index contributed by atoms with van der Waals surface area (Å²) >= 11 is 1.47. The predicted molar refractivity (Wildman–Crippen MR) is 149 cm³/mol. The van der Waals surface area contributed by atoms with E-state index in [2.05, 4.69) is 9.97 Å². The van der Waals surface area contributed by atoms with E-state index < -0.39 is 11.2 Å². The van der Waals surface area contributed by atoms with Gasteiger partial charge in [0.15, 0.2) is 17.3 Å². The maximum atomic E-state index is 15.2. The van der Waals surface area contributed by atoms with Gasteiger partial charge in [0, 0.05) is 44.2 Å². The number of ketones is 1. The SMILES string of the molecule is Cn1cnc(-c2cc3nccc(Oc4ccc(CC(=O)C5(C)CCN(c6ccccc6)C5=O)cc4F)c3s2)c1. The first-order valence-electron chi connectivity index (χ1n) is 12.6. The van der Waals surface area contributed by atoms with Crippen molar-refractivity contribution in [3.63, 3.8) is 0 Å². The number of halogens is 1. The van der Waals surface area contributed by atoms with E-state index >= 15 is 4.39 Å². The van der Waals surface area contributed by atoms with Gasteiger partial charge in [0.05, 0.1) is 27.1 Å². The van der Waals surface area contributed by atoms with E-state index in [4.69, 9.17) is 4.74 Å². The largest absolute Gasteiger partial charge is 0.453 e. The highest BCUT2D eigenvalue weighted by atomic mass is 32.1. The number of nitrogens with zero attached hydrogens (tertiary/aromatic N) is 4. The quantitative estimate of drug-likeness (QED) is 0.230. The summed E-state index contributed by atoms with van der Waals surface area (Å²) in [7, 11) is 1.90. The van der Waals surface area contributed by atoms with Crippen molar-refractivity contribution in [1.29, 1.82) is 0 Å². The highest BCUT2D eigenvalue weighted by Gasteiger charge is 2.48. The lowest BCUT2D eigenvalue weighted by atomic mass is 9.81. The number of anilines is 1. The summed E-state index contributed by atoms with van der Waals surface area (Å²) in [6, 6.07) is 17.4. The number of para-hydroxylation sites is 1. The number of fused-ring (bicyclic) bond motifs is 1. The summed E-state index contributed by atoms with van der Waals surface area (Å²) in [5.74, 6) is -0.497. The number of carbonyl (C=O) groups excluding carboxylic acids is 2. The minimum atomic E-state index is -1.14. The molecule has 196 valence electrons. The van der Waals surface area contributed by atoms with Crippen LogP contribution in [0.3, 0.4) is 0 Å². The van der Waals surface area contributed by atoms with E-state index in [0.717, 1.165) is 26.5 Å². The number of Topliss-reactive ketones (excluding diaryl/α,β-unsaturated/α-hetero) is 1. The number of aromatic nitrogens is 3. The van der Waals surface area contributed by atoms with Crippen molar-refractivity contribution in [2.45, 2.75) is 19.8 Å². The van der Waals surface area contributed by atoms with Crippen LogP contribution in [0, 0.1) is 11.2 Å². The zero-order chi connectivity index (χ0) is 27.1. The molecule has 5 aromatic rings. The number of amides is 1. The lowest BCUT2D eigenvalue weighted by Crippen LogP contribution is -2.39. The molecule has 4 heterocycles. The second kappa shape index (κ2) is 9.74. The third-order valence-corrected chi connectivity index (χ3v) is 8.31. The number of benzene rings is 2. The Balaban J connectivity index is 1.19. The zero-order valence-corrected chi connectivity index (χ0v) is 22.2. The van der Waals surface area contributed by atoms with Crippen LogP contribution in [0.25, 0.3) is 20.8 Å². The molecule has 39 heavy (non-hydrogen) atoms. The first kappa shape index (κ1) is 24.9. The fourth-order valence-electron chi connectivity index (χ4n) is 4.85. The number of hydrogen-bond acceptors (Lipinski definition) is 6. The van der Waals surface area contributed by atoms with Crippen molar-refractivity contribution in [3.05, 3.63) is 90.8 Å². The first-order valence-corrected chi connectivity index (χ1v) is 13.4. The van der Waals surface area contributed by atoms with Gasteiger partial charge in [-0.3, -0.25) is 14.6 Å². The summed E-state index contributed by atoms with van der Waals surface area (Å²) in [5, 5.41) is 0. The topological polar surface area (TPSA) is 77.3 Å². The molecule has 1 amide bonds. The maximum absolute atomic E-state index is 15.2. The molecule has 1 atom stereocenters. The number of pyridine rings is 1. The van der Waals surface area contributed by atoms with Gasteiger partial charge < -0.3 is 14.2 Å². The molecule has 0 radical (unpaired) electrons. The van der Waals surface area contributed by atoms with E-state index in [1.165, 1.54) is 23.5 Å². The molecule has 7 nitrogen and oxygen atoms in total. The molecular formula is C30H25FN4O3S. The van der Waals surface area contributed by atoms with Crippen LogP contribution < -0.4 is 9.64 Å². The average molecular weight is 541 g/mol. The Morgan fingerprint density at radius 1 is 1.10 bits per heavy atom. The van der Waals surface area contributed by atoms with Crippen molar-refractivity contribution < 1.29 is 18.7 Å². The van der Waals surface area contributed by atoms with Gasteiger partial charge in [0.1, 0.15) is 11.2 Å². The number of aryl methyl sites for hydroxylation is 1. The smallest absolute Gasteiger partial charge is 0.240 e. The van der Waals surface area contributed by atoms with Crippen LogP contribution in [0.15, 0.2) is 79.4 Å². The molecule has 9 heteroatoms. The molecule has 1 aliphatic rings. The van der Waals surface area contributed by atoms with Crippen molar-refractivity contribution in [2.75, 3.05) is 11.4 Å². The molecule has 0 saturated carbocycles. The van der Waals surface area contributed by atoms with Gasteiger partial charge in [-0.15, -0.1) is 11.3 Å². The Hall–Kier alpha value is -4.37. The minimum absolute atomic E-state index is 0.0417. The van der Waals surface area contributed by atoms with Crippen LogP contribution in [0.1, 0.15) is 18.9 Å². The van der Waals surface area contributed by atoms with Crippen LogP contribution in [0.4, 0.5) is 10.1 Å². The first-order chi connectivity index (χ1) is 18.8. The molecule has 1 unspecified atom stereocenters. The molecule has 1 fully saturated rings. The highest BCUT2D eigenvalue weighted by molar-refractivity contribution is 7.22. The Labute approximate surface area is 228 Å². The van der Waals surface area contributed by atoms with Gasteiger partial charge in [0.2, 0.25) is 5.91 Å². The van der Waals surface area contributed by atoms with E-state index in [-0.39, 0.29) is 23.9 Å². The molecule has 0 N–H and O–H groups in total. The molecule has 2 aromatic carbocycles. The molecule has 3 aromatic heterocycles. The number of carbonyl (C=O) groups is 2. The molecule has 0 bridgehead atoms. The normalized spacial score (nSPS) is 17.2. The number of hydrogen-bond donors (Lipinski definition) is 0. The second-order valence-electron chi connectivity index (χ2n) is 9.90. The standard InChI is InChI=1S/C30H25FN4O3S/c1-30(11-13-35(29(30)37)20-6-4-3-5-7-20)27(36)15-19-8-9-24(21(31)14-19)38-25-10-12-32-22-16-26(39-28(22)25)23-17-34(2)18-33-23/h3-10,12,14,16-18H,11,13,15H2,1-2H3. The third-order valence-electron chi connectivity index (χ3n) is 7.15. The molecule has 0 aliphatic carbocycles. The molecule has 1 aliphatic heterocycles. The van der Waals surface area contributed by atoms with Gasteiger partial charge in [0.25, 0.3) is 0 Å². The number of thiophene rings is 1. The van der Waals surface area contributed by atoms with Gasteiger partial charge in [-0.05, 0) is 49.2 Å². The van der Waals surface area contributed by atoms with Gasteiger partial charge in [-0.2, -0.15) is 0 Å². The van der Waals surface area contributed by atoms with E-state index in [9.17, 15) is 9.59 Å². The van der Waals surface area contributed by atoms with Crippen LogP contribution in [0.5, 0.6) is 11.5 Å². The van der Waals surface area contributed by atoms with Gasteiger partial charge in [-0.25, -0.2) is 9.37 Å². The number of imidazole rings is 1. The lowest BCUT2D eigenvalue weighted by Gasteiger charge is -2.22. The van der Waals surface area contributed by atoms with Crippen LogP contribution in [-0.2, 0) is 23.1 Å². The van der Waals surface area contributed by atoms with Crippen molar-refractivity contribution >= 4 is 38.9 Å². The predicted octanol–water partition coefficient (Wildman–Crippen LogP) is 6.18. The van der Waals surface area contributed by atoms with Crippen LogP contribution >= 0.6 is 11.3 Å².